The van der Waals surface area contributed by atoms with Crippen LogP contribution < -0.4 is 4.74 Å². The van der Waals surface area contributed by atoms with Crippen LogP contribution in [-0.4, -0.2) is 62.0 Å². The predicted molar refractivity (Wildman–Crippen MR) is 126 cm³/mol. The molecule has 0 spiro atoms. The Morgan fingerprint density at radius 3 is 2.39 bits per heavy atom. The highest BCUT2D eigenvalue weighted by Gasteiger charge is 2.44. The zero-order valence-corrected chi connectivity index (χ0v) is 19.2. The van der Waals surface area contributed by atoms with E-state index in [4.69, 9.17) is 25.7 Å². The second-order valence-electron chi connectivity index (χ2n) is 8.15. The van der Waals surface area contributed by atoms with E-state index in [0.29, 0.717) is 5.75 Å². The third-order valence-electron chi connectivity index (χ3n) is 5.69. The van der Waals surface area contributed by atoms with Crippen LogP contribution in [0.1, 0.15) is 31.2 Å². The van der Waals surface area contributed by atoms with Crippen molar-refractivity contribution in [2.45, 2.75) is 62.8 Å². The summed E-state index contributed by atoms with van der Waals surface area (Å²) in [6.07, 6.45) is 2.89. The van der Waals surface area contributed by atoms with Gasteiger partial charge in [0.25, 0.3) is 0 Å². The molecule has 0 radical (unpaired) electrons. The van der Waals surface area contributed by atoms with Gasteiger partial charge in [-0.3, -0.25) is 0 Å². The second kappa shape index (κ2) is 12.5. The first-order valence-corrected chi connectivity index (χ1v) is 12.5. The maximum Gasteiger partial charge on any atom is 0.229 e. The van der Waals surface area contributed by atoms with Gasteiger partial charge < -0.3 is 34.6 Å². The normalized spacial score (nSPS) is 25.1. The average Bonchev–Trinajstić information content (AvgIpc) is 2.82. The smallest absolute Gasteiger partial charge is 0.229 e. The summed E-state index contributed by atoms with van der Waals surface area (Å²) in [4.78, 5) is 18.2. The highest BCUT2D eigenvalue weighted by Crippen LogP contribution is 2.31. The fourth-order valence-electron chi connectivity index (χ4n) is 3.82. The van der Waals surface area contributed by atoms with Crippen molar-refractivity contribution in [1.82, 2.24) is 0 Å². The van der Waals surface area contributed by atoms with E-state index in [2.05, 4.69) is 18.1 Å². The summed E-state index contributed by atoms with van der Waals surface area (Å²) in [5.74, 6) is 3.10. The number of ether oxygens (including phenoxy) is 2. The van der Waals surface area contributed by atoms with Crippen LogP contribution in [0.25, 0.3) is 11.1 Å². The van der Waals surface area contributed by atoms with E-state index in [0.717, 1.165) is 36.8 Å². The van der Waals surface area contributed by atoms with Crippen molar-refractivity contribution in [2.75, 3.05) is 6.16 Å². The number of aliphatic hydroxyl groups excluding tert-OH is 3. The van der Waals surface area contributed by atoms with Crippen molar-refractivity contribution >= 4 is 8.38 Å². The summed E-state index contributed by atoms with van der Waals surface area (Å²) in [5, 5.41) is 30.5. The number of hydrogen-bond donors (Lipinski definition) is 5. The molecular weight excluding hydrogens is 443 g/mol. The van der Waals surface area contributed by atoms with E-state index < -0.39 is 39.1 Å². The van der Waals surface area contributed by atoms with Gasteiger partial charge in [0, 0.05) is 12.6 Å². The second-order valence-corrected chi connectivity index (χ2v) is 9.34. The van der Waals surface area contributed by atoms with Crippen LogP contribution in [0.2, 0.25) is 0 Å². The summed E-state index contributed by atoms with van der Waals surface area (Å²) in [5.41, 5.74) is 3.33. The van der Waals surface area contributed by atoms with E-state index in [1.165, 1.54) is 5.56 Å². The molecule has 178 valence electrons. The molecule has 2 aromatic carbocycles. The summed E-state index contributed by atoms with van der Waals surface area (Å²) < 4.78 is 11.3. The molecule has 1 aliphatic heterocycles. The Kier molecular flexibility index (Phi) is 9.66. The van der Waals surface area contributed by atoms with E-state index in [9.17, 15) is 15.3 Å². The summed E-state index contributed by atoms with van der Waals surface area (Å²) in [7, 11) is -2.15. The Balaban J connectivity index is 1.63. The number of terminal acetylenes is 1. The minimum Gasteiger partial charge on any atom is -0.462 e. The Morgan fingerprint density at radius 2 is 1.70 bits per heavy atom. The van der Waals surface area contributed by atoms with Crippen LogP contribution in [0.4, 0.5) is 0 Å². The average molecular weight is 474 g/mol. The molecule has 0 bridgehead atoms. The first kappa shape index (κ1) is 25.6. The molecule has 1 heterocycles. The molecule has 33 heavy (non-hydrogen) atoms. The topological polar surface area (TPSA) is 120 Å². The van der Waals surface area contributed by atoms with Crippen molar-refractivity contribution in [2.24, 2.45) is 0 Å². The Hall–Kier alpha value is -2.01. The zero-order valence-electron chi connectivity index (χ0n) is 18.3. The lowest BCUT2D eigenvalue weighted by atomic mass is 9.97. The van der Waals surface area contributed by atoms with E-state index in [-0.39, 0.29) is 12.6 Å². The fourth-order valence-corrected chi connectivity index (χ4v) is 4.30. The third-order valence-corrected chi connectivity index (χ3v) is 6.34. The third kappa shape index (κ3) is 7.23. The summed E-state index contributed by atoms with van der Waals surface area (Å²) >= 11 is 0. The molecule has 2 aromatic rings. The van der Waals surface area contributed by atoms with Gasteiger partial charge in [-0.25, -0.2) is 0 Å². The van der Waals surface area contributed by atoms with Crippen molar-refractivity contribution in [1.29, 1.82) is 0 Å². The molecule has 8 heteroatoms. The van der Waals surface area contributed by atoms with Gasteiger partial charge in [-0.2, -0.15) is 0 Å². The molecule has 0 amide bonds. The number of hydrogen-bond acceptors (Lipinski definition) is 7. The molecule has 0 saturated carbocycles. The summed E-state index contributed by atoms with van der Waals surface area (Å²) in [6, 6.07) is 15.6. The van der Waals surface area contributed by atoms with Gasteiger partial charge in [0.15, 0.2) is 8.38 Å². The zero-order chi connectivity index (χ0) is 23.8. The van der Waals surface area contributed by atoms with Gasteiger partial charge >= 0.3 is 0 Å². The van der Waals surface area contributed by atoms with Crippen LogP contribution in [0.3, 0.4) is 0 Å². The highest BCUT2D eigenvalue weighted by molar-refractivity contribution is 7.45. The largest absolute Gasteiger partial charge is 0.462 e. The molecule has 5 N–H and O–H groups in total. The molecule has 0 aromatic heterocycles. The monoisotopic (exact) mass is 474 g/mol. The molecule has 3 rings (SSSR count). The molecule has 1 fully saturated rings. The van der Waals surface area contributed by atoms with Crippen LogP contribution in [-0.2, 0) is 11.2 Å². The van der Waals surface area contributed by atoms with E-state index in [1.807, 2.05) is 24.3 Å². The maximum absolute atomic E-state index is 10.3. The number of aryl methyl sites for hydroxylation is 1. The fraction of sp³-hybridized carbons (Fsp3) is 0.440. The molecule has 1 saturated heterocycles. The van der Waals surface area contributed by atoms with Gasteiger partial charge in [0.05, 0.1) is 6.10 Å². The van der Waals surface area contributed by atoms with Gasteiger partial charge in [-0.05, 0) is 54.5 Å². The number of rotatable bonds is 10. The first-order valence-electron chi connectivity index (χ1n) is 11.0. The number of benzene rings is 2. The predicted octanol–water partition coefficient (Wildman–Crippen LogP) is 2.57. The van der Waals surface area contributed by atoms with Crippen molar-refractivity contribution in [3.05, 3.63) is 54.1 Å². The molecule has 1 aliphatic rings. The van der Waals surface area contributed by atoms with Crippen molar-refractivity contribution in [3.8, 4) is 29.2 Å². The Labute approximate surface area is 195 Å². The van der Waals surface area contributed by atoms with Crippen LogP contribution >= 0.6 is 8.38 Å². The van der Waals surface area contributed by atoms with Crippen LogP contribution in [0.5, 0.6) is 5.75 Å². The minimum atomic E-state index is -2.15. The standard InChI is InChI=1S/C25H31O7P/c1-2-3-4-5-7-17-8-6-9-19(16-17)18-10-12-20(13-11-18)31-25-24(28)23(27)22(26)21(32-25)14-15-33(29)30/h1,6,8-13,16,21-30H,3-5,7,14-15H2/t21?,22-,23?,24?,25+/m1/s1. The maximum atomic E-state index is 10.3. The van der Waals surface area contributed by atoms with Crippen LogP contribution in [0, 0.1) is 12.3 Å². The lowest BCUT2D eigenvalue weighted by Gasteiger charge is -2.40. The van der Waals surface area contributed by atoms with Crippen LogP contribution in [0.15, 0.2) is 48.5 Å². The van der Waals surface area contributed by atoms with Crippen molar-refractivity contribution in [3.63, 3.8) is 0 Å². The Morgan fingerprint density at radius 1 is 0.939 bits per heavy atom. The van der Waals surface area contributed by atoms with Gasteiger partial charge in [0.1, 0.15) is 24.1 Å². The quantitative estimate of drug-likeness (QED) is 0.204. The minimum absolute atomic E-state index is 0.0181. The van der Waals surface area contributed by atoms with Crippen molar-refractivity contribution < 1.29 is 34.6 Å². The Bertz CT molecular complexity index is 912. The summed E-state index contributed by atoms with van der Waals surface area (Å²) in [6.45, 7) is 0. The SMILES string of the molecule is C#CCCCCc1cccc(-c2ccc(O[C@H]3OC(CCP(O)O)[C@@H](O)C(O)C3O)cc2)c1. The highest BCUT2D eigenvalue weighted by atomic mass is 31.2. The van der Waals surface area contributed by atoms with Gasteiger partial charge in [0.2, 0.25) is 6.29 Å². The molecule has 3 unspecified atom stereocenters. The van der Waals surface area contributed by atoms with Gasteiger partial charge in [-0.1, -0.05) is 36.4 Å². The van der Waals surface area contributed by atoms with E-state index in [1.54, 1.807) is 12.1 Å². The lowest BCUT2D eigenvalue weighted by Crippen LogP contribution is -2.59. The molecule has 0 aliphatic carbocycles. The molecule has 5 atom stereocenters. The first-order chi connectivity index (χ1) is 15.9. The number of unbranched alkanes of at least 4 members (excludes halogenated alkanes) is 2. The molecular formula is C25H31O7P. The number of aliphatic hydroxyl groups is 3. The van der Waals surface area contributed by atoms with E-state index >= 15 is 0 Å². The lowest BCUT2D eigenvalue weighted by molar-refractivity contribution is -0.272. The van der Waals surface area contributed by atoms with Gasteiger partial charge in [-0.15, -0.1) is 12.3 Å². The molecule has 7 nitrogen and oxygen atoms in total.